The number of phenols is 1. The molecule has 0 radical (unpaired) electrons. The van der Waals surface area contributed by atoms with Gasteiger partial charge in [-0.15, -0.1) is 0 Å². The van der Waals surface area contributed by atoms with Crippen molar-refractivity contribution in [2.24, 2.45) is 0 Å². The third-order valence-electron chi connectivity index (χ3n) is 4.87. The van der Waals surface area contributed by atoms with Crippen molar-refractivity contribution < 1.29 is 23.8 Å². The lowest BCUT2D eigenvalue weighted by molar-refractivity contribution is -0.0380. The lowest BCUT2D eigenvalue weighted by Gasteiger charge is -2.31. The average Bonchev–Trinajstić information content (AvgIpc) is 3.24. The standard InChI is InChI=1S/C21H23N3O5/c1-26-16-6-4-15(5-7-16)21-22-20(23-29-21)19-13-24(9-10-28-19)12-14-3-8-18(27-2)17(25)11-14/h3-8,11,19,25H,9-10,12-13H2,1-2H3/t19-/m1/s1. The second-order valence-corrected chi connectivity index (χ2v) is 6.79. The van der Waals surface area contributed by atoms with Crippen LogP contribution in [0.3, 0.4) is 0 Å². The van der Waals surface area contributed by atoms with Gasteiger partial charge in [0.15, 0.2) is 11.5 Å². The average molecular weight is 397 g/mol. The number of aromatic hydroxyl groups is 1. The van der Waals surface area contributed by atoms with Crippen molar-refractivity contribution in [3.8, 4) is 28.7 Å². The number of benzene rings is 2. The maximum absolute atomic E-state index is 9.99. The van der Waals surface area contributed by atoms with Crippen LogP contribution in [0.15, 0.2) is 47.0 Å². The molecule has 0 spiro atoms. The first kappa shape index (κ1) is 19.2. The summed E-state index contributed by atoms with van der Waals surface area (Å²) in [6, 6.07) is 12.9. The summed E-state index contributed by atoms with van der Waals surface area (Å²) in [6.07, 6.45) is -0.272. The molecule has 8 nitrogen and oxygen atoms in total. The first-order valence-electron chi connectivity index (χ1n) is 9.34. The maximum Gasteiger partial charge on any atom is 0.258 e. The molecule has 1 aromatic heterocycles. The second kappa shape index (κ2) is 8.50. The van der Waals surface area contributed by atoms with Crippen LogP contribution in [0.25, 0.3) is 11.5 Å². The number of hydrogen-bond acceptors (Lipinski definition) is 8. The first-order valence-corrected chi connectivity index (χ1v) is 9.34. The van der Waals surface area contributed by atoms with Crippen LogP contribution in [-0.2, 0) is 11.3 Å². The van der Waals surface area contributed by atoms with Gasteiger partial charge < -0.3 is 23.8 Å². The van der Waals surface area contributed by atoms with Gasteiger partial charge in [-0.2, -0.15) is 4.98 Å². The monoisotopic (exact) mass is 397 g/mol. The van der Waals surface area contributed by atoms with E-state index in [1.807, 2.05) is 30.3 Å². The van der Waals surface area contributed by atoms with Crippen LogP contribution in [0.4, 0.5) is 0 Å². The molecule has 0 bridgehead atoms. The Morgan fingerprint density at radius 2 is 1.97 bits per heavy atom. The molecule has 1 saturated heterocycles. The molecule has 2 aromatic carbocycles. The minimum Gasteiger partial charge on any atom is -0.504 e. The molecule has 1 aliphatic heterocycles. The zero-order valence-corrected chi connectivity index (χ0v) is 16.4. The van der Waals surface area contributed by atoms with Crippen molar-refractivity contribution in [2.75, 3.05) is 33.9 Å². The fourth-order valence-electron chi connectivity index (χ4n) is 3.31. The summed E-state index contributed by atoms with van der Waals surface area (Å²) in [5.74, 6) is 2.34. The fourth-order valence-corrected chi connectivity index (χ4v) is 3.31. The van der Waals surface area contributed by atoms with E-state index in [0.29, 0.717) is 37.2 Å². The highest BCUT2D eigenvalue weighted by Crippen LogP contribution is 2.29. The normalized spacial score (nSPS) is 17.2. The van der Waals surface area contributed by atoms with Crippen LogP contribution in [0, 0.1) is 0 Å². The third kappa shape index (κ3) is 4.33. The highest BCUT2D eigenvalue weighted by molar-refractivity contribution is 5.54. The van der Waals surface area contributed by atoms with Crippen LogP contribution in [0.2, 0.25) is 0 Å². The maximum atomic E-state index is 9.99. The van der Waals surface area contributed by atoms with E-state index in [2.05, 4.69) is 15.0 Å². The van der Waals surface area contributed by atoms with E-state index < -0.39 is 0 Å². The molecule has 8 heteroatoms. The van der Waals surface area contributed by atoms with Gasteiger partial charge in [-0.05, 0) is 42.0 Å². The van der Waals surface area contributed by atoms with Gasteiger partial charge in [0.1, 0.15) is 11.9 Å². The van der Waals surface area contributed by atoms with Crippen LogP contribution in [0.5, 0.6) is 17.2 Å². The molecule has 1 atom stereocenters. The molecule has 0 unspecified atom stereocenters. The highest BCUT2D eigenvalue weighted by atomic mass is 16.5. The molecule has 1 N–H and O–H groups in total. The summed E-state index contributed by atoms with van der Waals surface area (Å²) >= 11 is 0. The van der Waals surface area contributed by atoms with Gasteiger partial charge in [0, 0.05) is 25.2 Å². The predicted molar refractivity (Wildman–Crippen MR) is 105 cm³/mol. The van der Waals surface area contributed by atoms with Crippen molar-refractivity contribution in [1.82, 2.24) is 15.0 Å². The number of methoxy groups -OCH3 is 2. The summed E-state index contributed by atoms with van der Waals surface area (Å²) in [4.78, 5) is 6.75. The lowest BCUT2D eigenvalue weighted by atomic mass is 10.1. The van der Waals surface area contributed by atoms with E-state index in [9.17, 15) is 5.11 Å². The SMILES string of the molecule is COc1ccc(-c2nc([C@H]3CN(Cc4ccc(OC)c(O)c4)CCO3)no2)cc1. The quantitative estimate of drug-likeness (QED) is 0.679. The van der Waals surface area contributed by atoms with Crippen LogP contribution < -0.4 is 9.47 Å². The van der Waals surface area contributed by atoms with Crippen molar-refractivity contribution in [3.05, 3.63) is 53.9 Å². The van der Waals surface area contributed by atoms with Crippen molar-refractivity contribution in [2.45, 2.75) is 12.6 Å². The fraction of sp³-hybridized carbons (Fsp3) is 0.333. The van der Waals surface area contributed by atoms with E-state index in [1.54, 1.807) is 19.2 Å². The summed E-state index contributed by atoms with van der Waals surface area (Å²) in [6.45, 7) is 2.67. The van der Waals surface area contributed by atoms with Gasteiger partial charge in [0.2, 0.25) is 5.82 Å². The van der Waals surface area contributed by atoms with E-state index in [1.165, 1.54) is 7.11 Å². The van der Waals surface area contributed by atoms with Gasteiger partial charge in [-0.3, -0.25) is 4.90 Å². The molecule has 2 heterocycles. The van der Waals surface area contributed by atoms with E-state index >= 15 is 0 Å². The Morgan fingerprint density at radius 3 is 2.69 bits per heavy atom. The number of rotatable bonds is 6. The molecule has 0 saturated carbocycles. The molecule has 29 heavy (non-hydrogen) atoms. The Balaban J connectivity index is 1.43. The highest BCUT2D eigenvalue weighted by Gasteiger charge is 2.26. The van der Waals surface area contributed by atoms with Gasteiger partial charge in [0.05, 0.1) is 20.8 Å². The zero-order chi connectivity index (χ0) is 20.2. The molecule has 4 rings (SSSR count). The van der Waals surface area contributed by atoms with Gasteiger partial charge in [-0.1, -0.05) is 11.2 Å². The van der Waals surface area contributed by atoms with Gasteiger partial charge in [0.25, 0.3) is 5.89 Å². The van der Waals surface area contributed by atoms with Crippen LogP contribution >= 0.6 is 0 Å². The number of nitrogens with zero attached hydrogens (tertiary/aromatic N) is 3. The summed E-state index contributed by atoms with van der Waals surface area (Å²) < 4.78 is 21.6. The van der Waals surface area contributed by atoms with Crippen LogP contribution in [0.1, 0.15) is 17.5 Å². The van der Waals surface area contributed by atoms with Gasteiger partial charge in [-0.25, -0.2) is 0 Å². The van der Waals surface area contributed by atoms with E-state index in [0.717, 1.165) is 23.4 Å². The molecule has 0 aliphatic carbocycles. The zero-order valence-electron chi connectivity index (χ0n) is 16.4. The summed E-state index contributed by atoms with van der Waals surface area (Å²) in [5, 5.41) is 14.1. The predicted octanol–water partition coefficient (Wildman–Crippen LogP) is 3.03. The topological polar surface area (TPSA) is 90.1 Å². The van der Waals surface area contributed by atoms with E-state index in [-0.39, 0.29) is 11.9 Å². The largest absolute Gasteiger partial charge is 0.504 e. The summed E-state index contributed by atoms with van der Waals surface area (Å²) in [5.41, 5.74) is 1.82. The minimum absolute atomic E-state index is 0.136. The molecular weight excluding hydrogens is 374 g/mol. The first-order chi connectivity index (χ1) is 14.2. The lowest BCUT2D eigenvalue weighted by Crippen LogP contribution is -2.38. The Morgan fingerprint density at radius 1 is 1.14 bits per heavy atom. The van der Waals surface area contributed by atoms with Crippen LogP contribution in [-0.4, -0.2) is 54.1 Å². The molecule has 3 aromatic rings. The number of aromatic nitrogens is 2. The number of hydrogen-bond donors (Lipinski definition) is 1. The smallest absolute Gasteiger partial charge is 0.258 e. The Bertz CT molecular complexity index is 957. The molecule has 1 fully saturated rings. The minimum atomic E-state index is -0.272. The van der Waals surface area contributed by atoms with Gasteiger partial charge >= 0.3 is 0 Å². The Labute approximate surface area is 168 Å². The van der Waals surface area contributed by atoms with Crippen molar-refractivity contribution in [1.29, 1.82) is 0 Å². The van der Waals surface area contributed by atoms with Crippen molar-refractivity contribution >= 4 is 0 Å². The molecule has 1 aliphatic rings. The Kier molecular flexibility index (Phi) is 5.64. The van der Waals surface area contributed by atoms with Crippen molar-refractivity contribution in [3.63, 3.8) is 0 Å². The summed E-state index contributed by atoms with van der Waals surface area (Å²) in [7, 11) is 3.16. The number of phenolic OH excluding ortho intramolecular Hbond substituents is 1. The number of ether oxygens (including phenoxy) is 3. The molecule has 152 valence electrons. The second-order valence-electron chi connectivity index (χ2n) is 6.79. The molecule has 0 amide bonds. The molecular formula is C21H23N3O5. The Hall–Kier alpha value is -3.10. The number of morpholine rings is 1. The third-order valence-corrected chi connectivity index (χ3v) is 4.87. The van der Waals surface area contributed by atoms with E-state index in [4.69, 9.17) is 18.7 Å².